The van der Waals surface area contributed by atoms with Crippen molar-refractivity contribution in [1.29, 1.82) is 0 Å². The number of hydrogen-bond donors (Lipinski definition) is 1. The number of rotatable bonds is 2. The van der Waals surface area contributed by atoms with Gasteiger partial charge in [-0.05, 0) is 44.9 Å². The van der Waals surface area contributed by atoms with E-state index in [0.29, 0.717) is 12.3 Å². The third kappa shape index (κ3) is 3.51. The molecule has 28 heavy (non-hydrogen) atoms. The van der Waals surface area contributed by atoms with Gasteiger partial charge in [0.2, 0.25) is 5.91 Å². The van der Waals surface area contributed by atoms with Crippen molar-refractivity contribution in [3.63, 3.8) is 0 Å². The molecule has 4 nitrogen and oxygen atoms in total. The predicted molar refractivity (Wildman–Crippen MR) is 111 cm³/mol. The number of Topliss-reactive ketones (excluding diaryl/α,β-unsaturated/α-hetero) is 2. The van der Waals surface area contributed by atoms with Gasteiger partial charge in [0, 0.05) is 37.1 Å². The van der Waals surface area contributed by atoms with Crippen molar-refractivity contribution in [1.82, 2.24) is 5.32 Å². The molecule has 1 saturated heterocycles. The van der Waals surface area contributed by atoms with E-state index in [9.17, 15) is 14.4 Å². The van der Waals surface area contributed by atoms with E-state index in [-0.39, 0.29) is 54.1 Å². The zero-order valence-electron chi connectivity index (χ0n) is 18.0. The fourth-order valence-electron chi connectivity index (χ4n) is 5.74. The van der Waals surface area contributed by atoms with Gasteiger partial charge < -0.3 is 5.32 Å². The van der Waals surface area contributed by atoms with Crippen LogP contribution in [0.2, 0.25) is 0 Å². The third-order valence-electron chi connectivity index (χ3n) is 7.19. The molecule has 3 rings (SSSR count). The van der Waals surface area contributed by atoms with E-state index < -0.39 is 5.41 Å². The Bertz CT molecular complexity index is 732. The van der Waals surface area contributed by atoms with Gasteiger partial charge in [0.05, 0.1) is 0 Å². The van der Waals surface area contributed by atoms with Gasteiger partial charge in [-0.2, -0.15) is 0 Å². The maximum atomic E-state index is 13.7. The van der Waals surface area contributed by atoms with Crippen molar-refractivity contribution in [2.75, 3.05) is 0 Å². The van der Waals surface area contributed by atoms with Gasteiger partial charge >= 0.3 is 0 Å². The highest BCUT2D eigenvalue weighted by Gasteiger charge is 2.65. The van der Waals surface area contributed by atoms with Crippen LogP contribution in [0, 0.1) is 29.1 Å². The van der Waals surface area contributed by atoms with Crippen molar-refractivity contribution in [3.05, 3.63) is 23.3 Å². The number of carbonyl (C=O) groups is 3. The molecule has 0 saturated carbocycles. The SMILES string of the molecule is CC1=CC2C=C(C)C(C)C3C(CC(C)C)NC(=O)C23C(=O)CCC(=O)CCC1. The lowest BCUT2D eigenvalue weighted by atomic mass is 9.54. The maximum Gasteiger partial charge on any atom is 0.235 e. The second-order valence-corrected chi connectivity index (χ2v) is 9.66. The summed E-state index contributed by atoms with van der Waals surface area (Å²) in [6, 6.07) is 0.00661. The van der Waals surface area contributed by atoms with Crippen molar-refractivity contribution in [2.45, 2.75) is 79.2 Å². The highest BCUT2D eigenvalue weighted by molar-refractivity contribution is 6.10. The van der Waals surface area contributed by atoms with Crippen molar-refractivity contribution in [3.8, 4) is 0 Å². The molecule has 0 bridgehead atoms. The molecular formula is C24H35NO3. The minimum Gasteiger partial charge on any atom is -0.352 e. The van der Waals surface area contributed by atoms with Gasteiger partial charge in [-0.1, -0.05) is 44.1 Å². The second-order valence-electron chi connectivity index (χ2n) is 9.66. The Morgan fingerprint density at radius 1 is 1.07 bits per heavy atom. The summed E-state index contributed by atoms with van der Waals surface area (Å²) in [6.07, 6.45) is 7.80. The van der Waals surface area contributed by atoms with Gasteiger partial charge in [0.1, 0.15) is 17.0 Å². The minimum absolute atomic E-state index is 0.00661. The molecule has 2 aliphatic carbocycles. The van der Waals surface area contributed by atoms with Crippen LogP contribution in [0.25, 0.3) is 0 Å². The van der Waals surface area contributed by atoms with E-state index in [1.54, 1.807) is 0 Å². The molecule has 4 heteroatoms. The summed E-state index contributed by atoms with van der Waals surface area (Å²) in [6.45, 7) is 10.7. The van der Waals surface area contributed by atoms with Crippen molar-refractivity contribution >= 4 is 17.5 Å². The third-order valence-corrected chi connectivity index (χ3v) is 7.19. The highest BCUT2D eigenvalue weighted by Crippen LogP contribution is 2.55. The number of allylic oxidation sites excluding steroid dienone is 4. The average Bonchev–Trinajstić information content (AvgIpc) is 2.88. The largest absolute Gasteiger partial charge is 0.352 e. The van der Waals surface area contributed by atoms with Gasteiger partial charge in [-0.15, -0.1) is 0 Å². The first-order valence-corrected chi connectivity index (χ1v) is 10.9. The Balaban J connectivity index is 2.16. The van der Waals surface area contributed by atoms with Crippen LogP contribution in [0.1, 0.15) is 73.1 Å². The molecule has 0 aromatic heterocycles. The smallest absolute Gasteiger partial charge is 0.235 e. The van der Waals surface area contributed by atoms with E-state index in [1.165, 1.54) is 11.1 Å². The fourth-order valence-corrected chi connectivity index (χ4v) is 5.74. The van der Waals surface area contributed by atoms with Gasteiger partial charge in [0.15, 0.2) is 0 Å². The molecule has 0 aromatic rings. The summed E-state index contributed by atoms with van der Waals surface area (Å²) in [7, 11) is 0. The normalized spacial score (nSPS) is 36.9. The molecule has 3 aliphatic rings. The summed E-state index contributed by atoms with van der Waals surface area (Å²) < 4.78 is 0. The molecule has 0 aromatic carbocycles. The van der Waals surface area contributed by atoms with Crippen LogP contribution in [0.4, 0.5) is 0 Å². The van der Waals surface area contributed by atoms with Crippen LogP contribution < -0.4 is 5.32 Å². The Kier molecular flexibility index (Phi) is 5.97. The molecule has 1 heterocycles. The summed E-state index contributed by atoms with van der Waals surface area (Å²) in [4.78, 5) is 39.4. The van der Waals surface area contributed by atoms with Crippen LogP contribution in [0.15, 0.2) is 23.3 Å². The van der Waals surface area contributed by atoms with Crippen LogP contribution in [0.3, 0.4) is 0 Å². The number of ketones is 2. The summed E-state index contributed by atoms with van der Waals surface area (Å²) in [5.41, 5.74) is 1.37. The van der Waals surface area contributed by atoms with Crippen molar-refractivity contribution < 1.29 is 14.4 Å². The van der Waals surface area contributed by atoms with Crippen LogP contribution in [-0.4, -0.2) is 23.5 Å². The van der Waals surface area contributed by atoms with Gasteiger partial charge in [-0.25, -0.2) is 0 Å². The fraction of sp³-hybridized carbons (Fsp3) is 0.708. The van der Waals surface area contributed by atoms with E-state index >= 15 is 0 Å². The van der Waals surface area contributed by atoms with E-state index in [2.05, 4.69) is 52.1 Å². The highest BCUT2D eigenvalue weighted by atomic mass is 16.2. The molecule has 1 amide bonds. The number of carbonyl (C=O) groups excluding carboxylic acids is 3. The molecular weight excluding hydrogens is 350 g/mol. The number of hydrogen-bond acceptors (Lipinski definition) is 3. The zero-order chi connectivity index (χ0) is 20.6. The quantitative estimate of drug-likeness (QED) is 0.566. The first-order chi connectivity index (χ1) is 13.2. The Morgan fingerprint density at radius 2 is 1.79 bits per heavy atom. The summed E-state index contributed by atoms with van der Waals surface area (Å²) in [5.74, 6) is 0.314. The lowest BCUT2D eigenvalue weighted by Crippen LogP contribution is -2.52. The predicted octanol–water partition coefficient (Wildman–Crippen LogP) is 4.39. The first kappa shape index (κ1) is 21.0. The Labute approximate surface area is 169 Å². The lowest BCUT2D eigenvalue weighted by Gasteiger charge is -2.45. The Hall–Kier alpha value is -1.71. The maximum absolute atomic E-state index is 13.7. The molecule has 5 unspecified atom stereocenters. The monoisotopic (exact) mass is 385 g/mol. The topological polar surface area (TPSA) is 63.2 Å². The van der Waals surface area contributed by atoms with Crippen LogP contribution >= 0.6 is 0 Å². The van der Waals surface area contributed by atoms with Crippen LogP contribution in [0.5, 0.6) is 0 Å². The number of nitrogens with one attached hydrogen (secondary N) is 1. The summed E-state index contributed by atoms with van der Waals surface area (Å²) >= 11 is 0. The molecule has 1 fully saturated rings. The van der Waals surface area contributed by atoms with E-state index in [1.807, 2.05) is 0 Å². The minimum atomic E-state index is -1.07. The zero-order valence-corrected chi connectivity index (χ0v) is 18.0. The second kappa shape index (κ2) is 7.96. The molecule has 5 atom stereocenters. The Morgan fingerprint density at radius 3 is 2.46 bits per heavy atom. The average molecular weight is 386 g/mol. The molecule has 1 spiro atoms. The standard InChI is InChI=1S/C24H35NO3/c1-14(2)11-20-22-17(5)16(4)13-18-12-15(3)7-6-8-19(26)9-10-21(27)24(18,22)23(28)25-20/h12-14,17-18,20,22H,6-11H2,1-5H3,(H,25,28). The van der Waals surface area contributed by atoms with E-state index in [0.717, 1.165) is 19.3 Å². The molecule has 0 radical (unpaired) electrons. The van der Waals surface area contributed by atoms with Crippen molar-refractivity contribution in [2.24, 2.45) is 29.1 Å². The first-order valence-electron chi connectivity index (χ1n) is 10.9. The number of amides is 1. The summed E-state index contributed by atoms with van der Waals surface area (Å²) in [5, 5.41) is 3.22. The van der Waals surface area contributed by atoms with Gasteiger partial charge in [-0.3, -0.25) is 14.4 Å². The van der Waals surface area contributed by atoms with E-state index in [4.69, 9.17) is 0 Å². The van der Waals surface area contributed by atoms with Crippen LogP contribution in [-0.2, 0) is 14.4 Å². The van der Waals surface area contributed by atoms with Gasteiger partial charge in [0.25, 0.3) is 0 Å². The molecule has 1 N–H and O–H groups in total. The molecule has 1 aliphatic heterocycles. The lowest BCUT2D eigenvalue weighted by molar-refractivity contribution is -0.146. The molecule has 154 valence electrons.